The molecule has 0 saturated carbocycles. The molecule has 0 aliphatic heterocycles. The van der Waals surface area contributed by atoms with Crippen molar-refractivity contribution in [1.82, 2.24) is 14.8 Å². The van der Waals surface area contributed by atoms with Gasteiger partial charge in [-0.2, -0.15) is 0 Å². The summed E-state index contributed by atoms with van der Waals surface area (Å²) in [5.41, 5.74) is 4.20. The highest BCUT2D eigenvalue weighted by atomic mass is 32.2. The van der Waals surface area contributed by atoms with Crippen LogP contribution in [0.1, 0.15) is 22.5 Å². The van der Waals surface area contributed by atoms with Gasteiger partial charge in [0.2, 0.25) is 5.91 Å². The van der Waals surface area contributed by atoms with Crippen LogP contribution in [0.15, 0.2) is 41.6 Å². The zero-order valence-electron chi connectivity index (χ0n) is 15.7. The summed E-state index contributed by atoms with van der Waals surface area (Å²) in [4.78, 5) is 12.2. The molecule has 0 fully saturated rings. The van der Waals surface area contributed by atoms with E-state index in [1.807, 2.05) is 31.4 Å². The number of hydrogen-bond acceptors (Lipinski definition) is 4. The Kier molecular flexibility index (Phi) is 5.60. The average molecular weight is 384 g/mol. The monoisotopic (exact) mass is 384 g/mol. The highest BCUT2D eigenvalue weighted by molar-refractivity contribution is 7.99. The van der Waals surface area contributed by atoms with Gasteiger partial charge in [0.25, 0.3) is 0 Å². The Hall–Kier alpha value is -2.67. The number of thioether (sulfide) groups is 1. The zero-order chi connectivity index (χ0) is 19.6. The molecule has 0 atom stereocenters. The largest absolute Gasteiger partial charge is 0.323 e. The predicted octanol–water partition coefficient (Wildman–Crippen LogP) is 4.37. The predicted molar refractivity (Wildman–Crippen MR) is 106 cm³/mol. The van der Waals surface area contributed by atoms with Gasteiger partial charge in [-0.1, -0.05) is 30.0 Å². The number of carbonyl (C=O) groups is 1. The third kappa shape index (κ3) is 4.36. The van der Waals surface area contributed by atoms with E-state index in [0.29, 0.717) is 5.16 Å². The summed E-state index contributed by atoms with van der Waals surface area (Å²) < 4.78 is 15.8. The molecule has 2 aromatic carbocycles. The lowest BCUT2D eigenvalue weighted by Gasteiger charge is -2.12. The van der Waals surface area contributed by atoms with Crippen LogP contribution in [0, 0.1) is 33.5 Å². The molecule has 0 radical (unpaired) electrons. The van der Waals surface area contributed by atoms with E-state index in [1.54, 1.807) is 19.1 Å². The van der Waals surface area contributed by atoms with Gasteiger partial charge >= 0.3 is 0 Å². The van der Waals surface area contributed by atoms with Crippen molar-refractivity contribution in [3.63, 3.8) is 0 Å². The number of rotatable bonds is 5. The van der Waals surface area contributed by atoms with E-state index in [9.17, 15) is 9.18 Å². The minimum Gasteiger partial charge on any atom is -0.323 e. The summed E-state index contributed by atoms with van der Waals surface area (Å²) in [5, 5.41) is 11.6. The molecular weight excluding hydrogens is 363 g/mol. The summed E-state index contributed by atoms with van der Waals surface area (Å²) in [6.07, 6.45) is 0. The van der Waals surface area contributed by atoms with Gasteiger partial charge in [0.05, 0.1) is 17.1 Å². The molecule has 0 spiro atoms. The average Bonchev–Trinajstić information content (AvgIpc) is 2.98. The third-order valence-electron chi connectivity index (χ3n) is 4.13. The van der Waals surface area contributed by atoms with Gasteiger partial charge in [-0.05, 0) is 62.6 Å². The first-order valence-electron chi connectivity index (χ1n) is 8.53. The van der Waals surface area contributed by atoms with Crippen LogP contribution in [0.25, 0.3) is 5.69 Å². The van der Waals surface area contributed by atoms with Gasteiger partial charge in [0.1, 0.15) is 11.6 Å². The molecule has 1 amide bonds. The topological polar surface area (TPSA) is 59.8 Å². The third-order valence-corrected chi connectivity index (χ3v) is 5.06. The molecule has 1 N–H and O–H groups in total. The summed E-state index contributed by atoms with van der Waals surface area (Å²) >= 11 is 1.27. The van der Waals surface area contributed by atoms with Crippen molar-refractivity contribution in [3.8, 4) is 5.69 Å². The first-order chi connectivity index (χ1) is 12.8. The number of halogens is 1. The van der Waals surface area contributed by atoms with E-state index in [-0.39, 0.29) is 17.3 Å². The maximum Gasteiger partial charge on any atom is 0.234 e. The van der Waals surface area contributed by atoms with Crippen LogP contribution >= 0.6 is 11.8 Å². The molecular formula is C20H21FN4OS. The summed E-state index contributed by atoms with van der Waals surface area (Å²) in [6.45, 7) is 7.72. The normalized spacial score (nSPS) is 10.9. The molecule has 3 rings (SSSR count). The molecule has 0 saturated heterocycles. The van der Waals surface area contributed by atoms with Gasteiger partial charge in [-0.15, -0.1) is 10.2 Å². The lowest BCUT2D eigenvalue weighted by atomic mass is 10.1. The highest BCUT2D eigenvalue weighted by Crippen LogP contribution is 2.25. The van der Waals surface area contributed by atoms with Gasteiger partial charge in [-0.25, -0.2) is 4.39 Å². The van der Waals surface area contributed by atoms with Crippen molar-refractivity contribution in [2.45, 2.75) is 32.9 Å². The number of nitrogens with zero attached hydrogens (tertiary/aromatic N) is 3. The molecule has 5 nitrogen and oxygen atoms in total. The summed E-state index contributed by atoms with van der Waals surface area (Å²) in [7, 11) is 0. The first-order valence-corrected chi connectivity index (χ1v) is 9.52. The van der Waals surface area contributed by atoms with Crippen molar-refractivity contribution >= 4 is 23.4 Å². The van der Waals surface area contributed by atoms with Crippen LogP contribution in [0.3, 0.4) is 0 Å². The second-order valence-corrected chi connectivity index (χ2v) is 7.42. The second kappa shape index (κ2) is 7.92. The van der Waals surface area contributed by atoms with Crippen molar-refractivity contribution in [1.29, 1.82) is 0 Å². The van der Waals surface area contributed by atoms with Gasteiger partial charge in [0, 0.05) is 0 Å². The molecule has 0 bridgehead atoms. The Morgan fingerprint density at radius 2 is 1.78 bits per heavy atom. The molecule has 1 aromatic heterocycles. The summed E-state index contributed by atoms with van der Waals surface area (Å²) in [5.74, 6) is 0.117. The minimum absolute atomic E-state index is 0.107. The van der Waals surface area contributed by atoms with E-state index in [4.69, 9.17) is 0 Å². The second-order valence-electron chi connectivity index (χ2n) is 6.48. The smallest absolute Gasteiger partial charge is 0.234 e. The Balaban J connectivity index is 1.75. The van der Waals surface area contributed by atoms with Gasteiger partial charge in [-0.3, -0.25) is 9.36 Å². The Labute approximate surface area is 162 Å². The molecule has 7 heteroatoms. The highest BCUT2D eigenvalue weighted by Gasteiger charge is 2.15. The lowest BCUT2D eigenvalue weighted by molar-refractivity contribution is -0.113. The molecule has 0 aliphatic rings. The quantitative estimate of drug-likeness (QED) is 0.664. The van der Waals surface area contributed by atoms with Gasteiger partial charge < -0.3 is 5.32 Å². The maximum absolute atomic E-state index is 13.9. The zero-order valence-corrected chi connectivity index (χ0v) is 16.5. The fourth-order valence-electron chi connectivity index (χ4n) is 2.71. The van der Waals surface area contributed by atoms with Gasteiger partial charge in [0.15, 0.2) is 5.16 Å². The van der Waals surface area contributed by atoms with Crippen molar-refractivity contribution < 1.29 is 9.18 Å². The molecule has 27 heavy (non-hydrogen) atoms. The number of anilines is 1. The van der Waals surface area contributed by atoms with E-state index >= 15 is 0 Å². The number of benzene rings is 2. The van der Waals surface area contributed by atoms with Crippen molar-refractivity contribution in [2.75, 3.05) is 11.1 Å². The van der Waals surface area contributed by atoms with Crippen LogP contribution in [-0.4, -0.2) is 26.4 Å². The minimum atomic E-state index is -0.442. The Morgan fingerprint density at radius 1 is 1.07 bits per heavy atom. The standard InChI is InChI=1S/C20H21FN4OS/c1-12-6-8-17(16(21)9-12)22-19(26)11-27-20-24-23-15(4)25(20)18-10-13(2)5-7-14(18)3/h5-10H,11H2,1-4H3,(H,22,26). The number of hydrogen-bond donors (Lipinski definition) is 1. The first kappa shape index (κ1) is 19.1. The lowest BCUT2D eigenvalue weighted by Crippen LogP contribution is -2.15. The van der Waals surface area contributed by atoms with E-state index in [1.165, 1.54) is 17.8 Å². The number of carbonyl (C=O) groups excluding carboxylic acids is 1. The fraction of sp³-hybridized carbons (Fsp3) is 0.250. The molecule has 140 valence electrons. The van der Waals surface area contributed by atoms with E-state index < -0.39 is 5.82 Å². The van der Waals surface area contributed by atoms with Crippen LogP contribution in [0.2, 0.25) is 0 Å². The Bertz CT molecular complexity index is 1000. The van der Waals surface area contributed by atoms with Crippen molar-refractivity contribution in [3.05, 3.63) is 64.7 Å². The van der Waals surface area contributed by atoms with Crippen molar-refractivity contribution in [2.24, 2.45) is 0 Å². The SMILES string of the molecule is Cc1ccc(NC(=O)CSc2nnc(C)n2-c2cc(C)ccc2C)c(F)c1. The maximum atomic E-state index is 13.9. The van der Waals surface area contributed by atoms with Crippen LogP contribution in [0.5, 0.6) is 0 Å². The molecule has 0 aliphatic carbocycles. The Morgan fingerprint density at radius 3 is 2.52 bits per heavy atom. The van der Waals surface area contributed by atoms with Crippen LogP contribution in [-0.2, 0) is 4.79 Å². The van der Waals surface area contributed by atoms with Crippen LogP contribution < -0.4 is 5.32 Å². The number of amides is 1. The fourth-order valence-corrected chi connectivity index (χ4v) is 3.50. The molecule has 1 heterocycles. The number of aromatic nitrogens is 3. The molecule has 3 aromatic rings. The van der Waals surface area contributed by atoms with E-state index in [2.05, 4.69) is 27.6 Å². The number of nitrogens with one attached hydrogen (secondary N) is 1. The number of aryl methyl sites for hydroxylation is 4. The molecule has 0 unspecified atom stereocenters. The summed E-state index contributed by atoms with van der Waals surface area (Å²) in [6, 6.07) is 10.9. The van der Waals surface area contributed by atoms with E-state index in [0.717, 1.165) is 28.2 Å². The van der Waals surface area contributed by atoms with Crippen LogP contribution in [0.4, 0.5) is 10.1 Å².